The number of aromatic hydroxyl groups is 1. The van der Waals surface area contributed by atoms with E-state index in [1.807, 2.05) is 0 Å². The molecule has 1 amide bonds. The second-order valence-corrected chi connectivity index (χ2v) is 5.58. The third-order valence-corrected chi connectivity index (χ3v) is 3.57. The zero-order chi connectivity index (χ0) is 20.7. The van der Waals surface area contributed by atoms with Crippen molar-refractivity contribution in [2.24, 2.45) is 5.10 Å². The SMILES string of the molecule is COc1cc(C=NNC(=O)COc2ccc(C)cc2[N+](=O)[O-])cc(OC)c1O. The standard InChI is InChI=1S/C18H19N3O7/c1-11-4-5-14(13(6-11)21(24)25)28-10-17(22)20-19-9-12-7-15(26-2)18(23)16(8-12)27-3/h4-9,23H,10H2,1-3H3,(H,20,22). The number of phenols is 1. The average Bonchev–Trinajstić information content (AvgIpc) is 2.67. The van der Waals surface area contributed by atoms with Crippen molar-refractivity contribution in [1.29, 1.82) is 0 Å². The summed E-state index contributed by atoms with van der Waals surface area (Å²) in [5.74, 6) is -0.407. The molecular formula is C18H19N3O7. The molecule has 0 aliphatic carbocycles. The number of amides is 1. The van der Waals surface area contributed by atoms with Gasteiger partial charge in [-0.15, -0.1) is 0 Å². The van der Waals surface area contributed by atoms with E-state index in [0.29, 0.717) is 11.1 Å². The quantitative estimate of drug-likeness (QED) is 0.401. The number of hydrogen-bond donors (Lipinski definition) is 2. The molecule has 0 heterocycles. The number of nitrogens with one attached hydrogen (secondary N) is 1. The number of nitro groups is 1. The van der Waals surface area contributed by atoms with E-state index in [9.17, 15) is 20.0 Å². The van der Waals surface area contributed by atoms with Gasteiger partial charge in [-0.25, -0.2) is 5.43 Å². The first kappa shape index (κ1) is 20.5. The maximum absolute atomic E-state index is 11.8. The van der Waals surface area contributed by atoms with Gasteiger partial charge in [0.25, 0.3) is 5.91 Å². The van der Waals surface area contributed by atoms with Crippen LogP contribution < -0.4 is 19.6 Å². The Morgan fingerprint density at radius 3 is 2.43 bits per heavy atom. The number of hydrogen-bond acceptors (Lipinski definition) is 8. The zero-order valence-electron chi connectivity index (χ0n) is 15.5. The fourth-order valence-electron chi connectivity index (χ4n) is 2.23. The van der Waals surface area contributed by atoms with Gasteiger partial charge in [0.15, 0.2) is 23.9 Å². The lowest BCUT2D eigenvalue weighted by Crippen LogP contribution is -2.24. The molecule has 0 fully saturated rings. The largest absolute Gasteiger partial charge is 0.502 e. The number of carbonyl (C=O) groups is 1. The number of phenolic OH excluding ortho intramolecular Hbond substituents is 1. The van der Waals surface area contributed by atoms with Crippen molar-refractivity contribution in [2.45, 2.75) is 6.92 Å². The van der Waals surface area contributed by atoms with Crippen LogP contribution in [0.4, 0.5) is 5.69 Å². The van der Waals surface area contributed by atoms with Crippen LogP contribution in [0.2, 0.25) is 0 Å². The number of hydrazone groups is 1. The van der Waals surface area contributed by atoms with Crippen molar-refractivity contribution in [1.82, 2.24) is 5.43 Å². The van der Waals surface area contributed by atoms with Gasteiger partial charge in [-0.1, -0.05) is 6.07 Å². The number of carbonyl (C=O) groups excluding carboxylic acids is 1. The highest BCUT2D eigenvalue weighted by molar-refractivity contribution is 5.84. The molecule has 2 aromatic carbocycles. The summed E-state index contributed by atoms with van der Waals surface area (Å²) in [7, 11) is 2.78. The maximum atomic E-state index is 11.8. The Kier molecular flexibility index (Phi) is 6.74. The highest BCUT2D eigenvalue weighted by Crippen LogP contribution is 2.36. The summed E-state index contributed by atoms with van der Waals surface area (Å²) in [5.41, 5.74) is 3.22. The molecule has 2 N–H and O–H groups in total. The number of benzene rings is 2. The van der Waals surface area contributed by atoms with E-state index in [1.54, 1.807) is 13.0 Å². The molecule has 0 bridgehead atoms. The number of nitrogens with zero attached hydrogens (tertiary/aromatic N) is 2. The summed E-state index contributed by atoms with van der Waals surface area (Å²) in [6.07, 6.45) is 1.32. The highest BCUT2D eigenvalue weighted by atomic mass is 16.6. The first-order chi connectivity index (χ1) is 13.3. The molecule has 0 radical (unpaired) electrons. The van der Waals surface area contributed by atoms with Gasteiger partial charge in [-0.05, 0) is 30.7 Å². The lowest BCUT2D eigenvalue weighted by molar-refractivity contribution is -0.385. The number of nitro benzene ring substituents is 1. The van der Waals surface area contributed by atoms with E-state index in [2.05, 4.69) is 10.5 Å². The van der Waals surface area contributed by atoms with Gasteiger partial charge in [-0.2, -0.15) is 5.10 Å². The summed E-state index contributed by atoms with van der Waals surface area (Å²) < 4.78 is 15.3. The van der Waals surface area contributed by atoms with Crippen molar-refractivity contribution < 1.29 is 29.0 Å². The molecule has 0 aliphatic rings. The topological polar surface area (TPSA) is 133 Å². The minimum atomic E-state index is -0.608. The Morgan fingerprint density at radius 1 is 1.21 bits per heavy atom. The van der Waals surface area contributed by atoms with E-state index < -0.39 is 17.4 Å². The summed E-state index contributed by atoms with van der Waals surface area (Å²) in [6.45, 7) is 1.26. The molecular weight excluding hydrogens is 370 g/mol. The fraction of sp³-hybridized carbons (Fsp3) is 0.222. The molecule has 10 heteroatoms. The van der Waals surface area contributed by atoms with Crippen LogP contribution in [-0.4, -0.2) is 43.0 Å². The van der Waals surface area contributed by atoms with Crippen molar-refractivity contribution in [3.05, 3.63) is 51.6 Å². The molecule has 0 spiro atoms. The molecule has 0 saturated heterocycles. The van der Waals surface area contributed by atoms with E-state index in [0.717, 1.165) is 0 Å². The van der Waals surface area contributed by atoms with Crippen LogP contribution in [0.3, 0.4) is 0 Å². The minimum absolute atomic E-state index is 0.0114. The molecule has 0 aliphatic heterocycles. The monoisotopic (exact) mass is 389 g/mol. The van der Waals surface area contributed by atoms with Crippen LogP contribution in [0, 0.1) is 17.0 Å². The Labute approximate surface area is 160 Å². The molecule has 0 atom stereocenters. The van der Waals surface area contributed by atoms with Gasteiger partial charge in [0.2, 0.25) is 5.75 Å². The van der Waals surface area contributed by atoms with Crippen molar-refractivity contribution in [3.8, 4) is 23.0 Å². The lowest BCUT2D eigenvalue weighted by atomic mass is 10.2. The van der Waals surface area contributed by atoms with Crippen molar-refractivity contribution >= 4 is 17.8 Å². The third-order valence-electron chi connectivity index (χ3n) is 3.57. The Bertz CT molecular complexity index is 887. The second-order valence-electron chi connectivity index (χ2n) is 5.58. The molecule has 28 heavy (non-hydrogen) atoms. The highest BCUT2D eigenvalue weighted by Gasteiger charge is 2.16. The molecule has 0 saturated carbocycles. The number of methoxy groups -OCH3 is 2. The van der Waals surface area contributed by atoms with Crippen LogP contribution in [-0.2, 0) is 4.79 Å². The van der Waals surface area contributed by atoms with Gasteiger partial charge in [0.1, 0.15) is 0 Å². The number of aryl methyl sites for hydroxylation is 1. The molecule has 148 valence electrons. The second kappa shape index (κ2) is 9.21. The maximum Gasteiger partial charge on any atom is 0.311 e. The lowest BCUT2D eigenvalue weighted by Gasteiger charge is -2.09. The van der Waals surface area contributed by atoms with Crippen molar-refractivity contribution in [2.75, 3.05) is 20.8 Å². The first-order valence-electron chi connectivity index (χ1n) is 8.00. The molecule has 2 rings (SSSR count). The van der Waals surface area contributed by atoms with E-state index in [1.165, 1.54) is 44.7 Å². The molecule has 2 aromatic rings. The third kappa shape index (κ3) is 5.10. The molecule has 0 aromatic heterocycles. The van der Waals surface area contributed by atoms with Crippen LogP contribution in [0.5, 0.6) is 23.0 Å². The minimum Gasteiger partial charge on any atom is -0.502 e. The zero-order valence-corrected chi connectivity index (χ0v) is 15.5. The predicted molar refractivity (Wildman–Crippen MR) is 100 cm³/mol. The smallest absolute Gasteiger partial charge is 0.311 e. The summed E-state index contributed by atoms with van der Waals surface area (Å²) in [6, 6.07) is 7.43. The number of rotatable bonds is 8. The first-order valence-corrected chi connectivity index (χ1v) is 8.00. The Balaban J connectivity index is 1.99. The van der Waals surface area contributed by atoms with Gasteiger partial charge < -0.3 is 19.3 Å². The Hall–Kier alpha value is -3.82. The summed E-state index contributed by atoms with van der Waals surface area (Å²) in [4.78, 5) is 22.3. The van der Waals surface area contributed by atoms with Gasteiger partial charge in [0, 0.05) is 11.6 Å². The Morgan fingerprint density at radius 2 is 1.86 bits per heavy atom. The van der Waals surface area contributed by atoms with Crippen molar-refractivity contribution in [3.63, 3.8) is 0 Å². The summed E-state index contributed by atoms with van der Waals surface area (Å²) in [5, 5.41) is 24.7. The predicted octanol–water partition coefficient (Wildman–Crippen LogP) is 2.16. The fourth-order valence-corrected chi connectivity index (χ4v) is 2.23. The van der Waals surface area contributed by atoms with Gasteiger partial charge in [-0.3, -0.25) is 14.9 Å². The normalized spacial score (nSPS) is 10.5. The van der Waals surface area contributed by atoms with Crippen LogP contribution in [0.15, 0.2) is 35.4 Å². The number of ether oxygens (including phenoxy) is 3. The van der Waals surface area contributed by atoms with Crippen LogP contribution in [0.1, 0.15) is 11.1 Å². The van der Waals surface area contributed by atoms with Gasteiger partial charge in [0.05, 0.1) is 25.4 Å². The van der Waals surface area contributed by atoms with Crippen LogP contribution in [0.25, 0.3) is 0 Å². The van der Waals surface area contributed by atoms with Gasteiger partial charge >= 0.3 is 5.69 Å². The van der Waals surface area contributed by atoms with E-state index in [4.69, 9.17) is 14.2 Å². The van der Waals surface area contributed by atoms with Crippen LogP contribution >= 0.6 is 0 Å². The summed E-state index contributed by atoms with van der Waals surface area (Å²) >= 11 is 0. The molecule has 10 nitrogen and oxygen atoms in total. The average molecular weight is 389 g/mol. The molecule has 0 unspecified atom stereocenters. The van der Waals surface area contributed by atoms with E-state index >= 15 is 0 Å². The van der Waals surface area contributed by atoms with E-state index in [-0.39, 0.29) is 28.7 Å².